The molecule has 1 amide bonds. The molecule has 0 aliphatic carbocycles. The molecule has 2 aliphatic heterocycles. The zero-order valence-electron chi connectivity index (χ0n) is 18.5. The normalized spacial score (nSPS) is 20.4. The molecule has 2 atom stereocenters. The lowest BCUT2D eigenvalue weighted by Crippen LogP contribution is -2.25. The molecule has 0 bridgehead atoms. The number of rotatable bonds is 3. The summed E-state index contributed by atoms with van der Waals surface area (Å²) in [7, 11) is 1.90. The van der Waals surface area contributed by atoms with Crippen LogP contribution in [0.25, 0.3) is 16.6 Å². The van der Waals surface area contributed by atoms with Crippen molar-refractivity contribution in [3.63, 3.8) is 0 Å². The molecule has 0 radical (unpaired) electrons. The molecule has 0 saturated carbocycles. The number of nitrogens with one attached hydrogen (secondary N) is 2. The summed E-state index contributed by atoms with van der Waals surface area (Å²) in [5.41, 5.74) is 4.89. The number of benzene rings is 1. The third-order valence-electron chi connectivity index (χ3n) is 6.71. The molecule has 5 heterocycles. The molecule has 9 nitrogen and oxygen atoms in total. The third-order valence-corrected chi connectivity index (χ3v) is 6.71. The Morgan fingerprint density at radius 2 is 1.88 bits per heavy atom. The largest absolute Gasteiger partial charge is 0.370 e. The van der Waals surface area contributed by atoms with Crippen molar-refractivity contribution in [2.45, 2.75) is 13.8 Å². The predicted molar refractivity (Wildman–Crippen MR) is 123 cm³/mol. The Balaban J connectivity index is 1.33. The van der Waals surface area contributed by atoms with E-state index in [4.69, 9.17) is 0 Å². The molecule has 9 heteroatoms. The number of hydrogen-bond donors (Lipinski definition) is 2. The van der Waals surface area contributed by atoms with Gasteiger partial charge in [-0.1, -0.05) is 0 Å². The summed E-state index contributed by atoms with van der Waals surface area (Å²) in [6, 6.07) is 3.95. The van der Waals surface area contributed by atoms with Gasteiger partial charge in [-0.3, -0.25) is 14.5 Å². The van der Waals surface area contributed by atoms with E-state index in [0.29, 0.717) is 23.2 Å². The lowest BCUT2D eigenvalue weighted by molar-refractivity contribution is 0.102. The molecule has 164 valence electrons. The fraction of sp³-hybridized carbons (Fsp3) is 0.391. The summed E-state index contributed by atoms with van der Waals surface area (Å²) < 4.78 is 3.68. The van der Waals surface area contributed by atoms with Gasteiger partial charge in [0.15, 0.2) is 11.5 Å². The van der Waals surface area contributed by atoms with Crippen molar-refractivity contribution in [3.8, 4) is 0 Å². The van der Waals surface area contributed by atoms with Gasteiger partial charge >= 0.3 is 0 Å². The highest BCUT2D eigenvalue weighted by Gasteiger charge is 2.37. The molecule has 6 rings (SSSR count). The van der Waals surface area contributed by atoms with E-state index in [1.165, 1.54) is 0 Å². The Morgan fingerprint density at radius 1 is 1.09 bits per heavy atom. The van der Waals surface area contributed by atoms with Gasteiger partial charge in [-0.25, -0.2) is 4.98 Å². The van der Waals surface area contributed by atoms with Gasteiger partial charge in [-0.15, -0.1) is 0 Å². The number of carbonyl (C=O) groups excluding carboxylic acids is 1. The topological polar surface area (TPSA) is 92.4 Å². The average Bonchev–Trinajstić information content (AvgIpc) is 3.48. The Morgan fingerprint density at radius 3 is 2.66 bits per heavy atom. The van der Waals surface area contributed by atoms with Crippen molar-refractivity contribution in [1.82, 2.24) is 29.5 Å². The fourth-order valence-electron chi connectivity index (χ4n) is 5.27. The van der Waals surface area contributed by atoms with Crippen LogP contribution in [-0.2, 0) is 7.05 Å². The summed E-state index contributed by atoms with van der Waals surface area (Å²) in [5, 5.41) is 12.1. The highest BCUT2D eigenvalue weighted by Crippen LogP contribution is 2.35. The van der Waals surface area contributed by atoms with Crippen molar-refractivity contribution in [1.29, 1.82) is 0 Å². The quantitative estimate of drug-likeness (QED) is 0.517. The summed E-state index contributed by atoms with van der Waals surface area (Å²) in [6.07, 6.45) is 5.73. The molecule has 2 aliphatic rings. The predicted octanol–water partition coefficient (Wildman–Crippen LogP) is 2.14. The minimum absolute atomic E-state index is 0.214. The molecule has 2 saturated heterocycles. The van der Waals surface area contributed by atoms with E-state index in [2.05, 4.69) is 36.7 Å². The van der Waals surface area contributed by atoms with Crippen LogP contribution in [0.4, 0.5) is 11.5 Å². The standard InChI is InChI=1S/C23H26N8O/c1-13-8-31-12-20(26-22(31)14(2)25-13)27-23(32)17-4-5-19(18-11-29(3)28-21(17)18)30-9-15-6-24-7-16(15)10-30/h4-5,8,11-12,15-16,24H,6-7,9-10H2,1-3H3,(H,27,32). The molecule has 2 N–H and O–H groups in total. The number of aryl methyl sites for hydroxylation is 3. The van der Waals surface area contributed by atoms with Crippen LogP contribution in [0.1, 0.15) is 21.7 Å². The van der Waals surface area contributed by atoms with Crippen LogP contribution in [-0.4, -0.2) is 56.2 Å². The first-order valence-corrected chi connectivity index (χ1v) is 11.0. The first kappa shape index (κ1) is 19.2. The van der Waals surface area contributed by atoms with Crippen LogP contribution in [0.15, 0.2) is 30.7 Å². The molecule has 1 aromatic carbocycles. The van der Waals surface area contributed by atoms with Gasteiger partial charge in [0.25, 0.3) is 5.91 Å². The molecule has 4 aromatic rings. The van der Waals surface area contributed by atoms with Crippen LogP contribution in [0.2, 0.25) is 0 Å². The highest BCUT2D eigenvalue weighted by molar-refractivity contribution is 6.13. The molecule has 2 unspecified atom stereocenters. The molecule has 2 fully saturated rings. The van der Waals surface area contributed by atoms with Crippen LogP contribution < -0.4 is 15.5 Å². The second-order valence-corrected chi connectivity index (χ2v) is 9.06. The SMILES string of the molecule is Cc1cn2cc(NC(=O)c3ccc(N4CC5CNCC5C4)c4cn(C)nc34)nc2c(C)n1. The second-order valence-electron chi connectivity index (χ2n) is 9.06. The summed E-state index contributed by atoms with van der Waals surface area (Å²) in [6.45, 7) is 8.12. The smallest absolute Gasteiger partial charge is 0.259 e. The Kier molecular flexibility index (Phi) is 4.23. The fourth-order valence-corrected chi connectivity index (χ4v) is 5.27. The van der Waals surface area contributed by atoms with Gasteiger partial charge in [0.05, 0.1) is 23.1 Å². The van der Waals surface area contributed by atoms with Gasteiger partial charge in [0, 0.05) is 56.7 Å². The summed E-state index contributed by atoms with van der Waals surface area (Å²) in [5.74, 6) is 1.68. The lowest BCUT2D eigenvalue weighted by Gasteiger charge is -2.21. The van der Waals surface area contributed by atoms with E-state index in [1.54, 1.807) is 4.68 Å². The maximum absolute atomic E-state index is 13.2. The van der Waals surface area contributed by atoms with Crippen LogP contribution >= 0.6 is 0 Å². The minimum atomic E-state index is -0.214. The Labute approximate surface area is 185 Å². The maximum Gasteiger partial charge on any atom is 0.259 e. The summed E-state index contributed by atoms with van der Waals surface area (Å²) in [4.78, 5) is 24.7. The van der Waals surface area contributed by atoms with Gasteiger partial charge in [-0.2, -0.15) is 5.10 Å². The number of anilines is 2. The number of amides is 1. The highest BCUT2D eigenvalue weighted by atomic mass is 16.1. The monoisotopic (exact) mass is 430 g/mol. The van der Waals surface area contributed by atoms with Gasteiger partial charge in [0.1, 0.15) is 5.52 Å². The number of hydrogen-bond acceptors (Lipinski definition) is 6. The number of aromatic nitrogens is 5. The number of imidazole rings is 1. The lowest BCUT2D eigenvalue weighted by atomic mass is 10.0. The van der Waals surface area contributed by atoms with Crippen LogP contribution in [0.3, 0.4) is 0 Å². The van der Waals surface area contributed by atoms with Crippen LogP contribution in [0.5, 0.6) is 0 Å². The number of nitrogens with zero attached hydrogens (tertiary/aromatic N) is 6. The number of carbonyl (C=O) groups is 1. The zero-order valence-corrected chi connectivity index (χ0v) is 18.5. The van der Waals surface area contributed by atoms with Crippen molar-refractivity contribution in [2.75, 3.05) is 36.4 Å². The first-order chi connectivity index (χ1) is 15.5. The molecule has 3 aromatic heterocycles. The van der Waals surface area contributed by atoms with E-state index < -0.39 is 0 Å². The van der Waals surface area contributed by atoms with E-state index >= 15 is 0 Å². The van der Waals surface area contributed by atoms with Crippen molar-refractivity contribution in [3.05, 3.63) is 47.7 Å². The van der Waals surface area contributed by atoms with E-state index in [1.807, 2.05) is 50.0 Å². The van der Waals surface area contributed by atoms with E-state index in [0.717, 1.165) is 59.8 Å². The van der Waals surface area contributed by atoms with Crippen LogP contribution in [0, 0.1) is 25.7 Å². The molecule has 0 spiro atoms. The van der Waals surface area contributed by atoms with E-state index in [9.17, 15) is 4.79 Å². The Bertz CT molecular complexity index is 1360. The average molecular weight is 431 g/mol. The Hall–Kier alpha value is -3.46. The van der Waals surface area contributed by atoms with Crippen molar-refractivity contribution in [2.24, 2.45) is 18.9 Å². The van der Waals surface area contributed by atoms with E-state index in [-0.39, 0.29) is 5.91 Å². The molecular formula is C23H26N8O. The molecular weight excluding hydrogens is 404 g/mol. The van der Waals surface area contributed by atoms with Crippen molar-refractivity contribution < 1.29 is 4.79 Å². The molecule has 32 heavy (non-hydrogen) atoms. The maximum atomic E-state index is 13.2. The van der Waals surface area contributed by atoms with Gasteiger partial charge < -0.3 is 19.9 Å². The summed E-state index contributed by atoms with van der Waals surface area (Å²) >= 11 is 0. The van der Waals surface area contributed by atoms with Gasteiger partial charge in [0.2, 0.25) is 0 Å². The first-order valence-electron chi connectivity index (χ1n) is 11.0. The second kappa shape index (κ2) is 7.03. The number of fused-ring (bicyclic) bond motifs is 3. The minimum Gasteiger partial charge on any atom is -0.370 e. The van der Waals surface area contributed by atoms with Crippen molar-refractivity contribution >= 4 is 34.0 Å². The third kappa shape index (κ3) is 3.03. The van der Waals surface area contributed by atoms with Gasteiger partial charge in [-0.05, 0) is 37.8 Å². The zero-order chi connectivity index (χ0) is 22.0.